The molecule has 28 heavy (non-hydrogen) atoms. The van der Waals surface area contributed by atoms with E-state index in [1.807, 2.05) is 35.8 Å². The minimum Gasteiger partial charge on any atom is -0.348 e. The van der Waals surface area contributed by atoms with Crippen LogP contribution in [0.25, 0.3) is 0 Å². The fraction of sp³-hybridized carbons (Fsp3) is 0.364. The van der Waals surface area contributed by atoms with Crippen molar-refractivity contribution in [1.82, 2.24) is 18.9 Å². The molecule has 2 aliphatic rings. The number of nitrogens with zero attached hydrogens (tertiary/aromatic N) is 4. The molecule has 0 N–H and O–H groups in total. The highest BCUT2D eigenvalue weighted by molar-refractivity contribution is 5.90. The molecule has 0 aromatic carbocycles. The number of allylic oxidation sites excluding steroid dienone is 2. The Morgan fingerprint density at radius 1 is 0.786 bits per heavy atom. The highest BCUT2D eigenvalue weighted by atomic mass is 16.2. The lowest BCUT2D eigenvalue weighted by molar-refractivity contribution is -0.130. The summed E-state index contributed by atoms with van der Waals surface area (Å²) in [7, 11) is 0. The molecule has 4 heterocycles. The molecule has 0 bridgehead atoms. The van der Waals surface area contributed by atoms with Crippen LogP contribution in [0.1, 0.15) is 37.3 Å². The number of hydrogen-bond acceptors (Lipinski definition) is 2. The summed E-state index contributed by atoms with van der Waals surface area (Å²) in [4.78, 5) is 28.8. The summed E-state index contributed by atoms with van der Waals surface area (Å²) < 4.78 is 4.37. The van der Waals surface area contributed by atoms with Gasteiger partial charge in [0.05, 0.1) is 12.1 Å². The van der Waals surface area contributed by atoms with E-state index in [-0.39, 0.29) is 23.9 Å². The lowest BCUT2D eigenvalue weighted by Gasteiger charge is -2.34. The Hall–Kier alpha value is -3.02. The van der Waals surface area contributed by atoms with Gasteiger partial charge in [-0.2, -0.15) is 0 Å². The molecule has 0 radical (unpaired) electrons. The zero-order valence-electron chi connectivity index (χ0n) is 16.4. The van der Waals surface area contributed by atoms with Crippen molar-refractivity contribution in [2.24, 2.45) is 0 Å². The van der Waals surface area contributed by atoms with Crippen molar-refractivity contribution in [2.45, 2.75) is 39.0 Å². The van der Waals surface area contributed by atoms with Gasteiger partial charge in [-0.25, -0.2) is 0 Å². The Morgan fingerprint density at radius 2 is 1.21 bits per heavy atom. The topological polar surface area (TPSA) is 50.5 Å². The van der Waals surface area contributed by atoms with E-state index in [0.717, 1.165) is 24.5 Å². The normalized spacial score (nSPS) is 21.9. The van der Waals surface area contributed by atoms with Gasteiger partial charge in [-0.1, -0.05) is 12.2 Å². The number of carbonyl (C=O) groups is 2. The number of fused-ring (bicyclic) bond motifs is 2. The van der Waals surface area contributed by atoms with Gasteiger partial charge < -0.3 is 18.9 Å². The zero-order valence-corrected chi connectivity index (χ0v) is 16.4. The van der Waals surface area contributed by atoms with Crippen LogP contribution < -0.4 is 0 Å². The van der Waals surface area contributed by atoms with Gasteiger partial charge in [0.1, 0.15) is 0 Å². The number of amides is 2. The first-order chi connectivity index (χ1) is 13.6. The number of hydrogen-bond donors (Lipinski definition) is 0. The van der Waals surface area contributed by atoms with E-state index in [2.05, 4.69) is 33.7 Å². The van der Waals surface area contributed by atoms with E-state index in [4.69, 9.17) is 0 Å². The predicted molar refractivity (Wildman–Crippen MR) is 107 cm³/mol. The van der Waals surface area contributed by atoms with Crippen molar-refractivity contribution in [3.8, 4) is 0 Å². The van der Waals surface area contributed by atoms with E-state index in [1.165, 1.54) is 0 Å². The largest absolute Gasteiger partial charge is 0.348 e. The Labute approximate surface area is 165 Å². The lowest BCUT2D eigenvalue weighted by atomic mass is 10.1. The molecule has 6 heteroatoms. The van der Waals surface area contributed by atoms with Crippen LogP contribution in [0.2, 0.25) is 0 Å². The summed E-state index contributed by atoms with van der Waals surface area (Å²) in [6, 6.07) is 8.25. The molecule has 2 atom stereocenters. The van der Waals surface area contributed by atoms with Crippen LogP contribution in [0.5, 0.6) is 0 Å². The van der Waals surface area contributed by atoms with Gasteiger partial charge in [-0.05, 0) is 38.1 Å². The number of rotatable bonds is 3. The summed E-state index contributed by atoms with van der Waals surface area (Å²) >= 11 is 0. The number of aromatic nitrogens is 2. The van der Waals surface area contributed by atoms with Gasteiger partial charge in [0.2, 0.25) is 11.8 Å². The molecule has 0 aliphatic carbocycles. The molecule has 6 nitrogen and oxygen atoms in total. The average molecular weight is 378 g/mol. The second kappa shape index (κ2) is 7.54. The minimum atomic E-state index is -0.0267. The molecule has 2 amide bonds. The molecule has 0 saturated carbocycles. The van der Waals surface area contributed by atoms with Crippen LogP contribution >= 0.6 is 0 Å². The maximum absolute atomic E-state index is 12.5. The van der Waals surface area contributed by atoms with Gasteiger partial charge >= 0.3 is 0 Å². The first-order valence-electron chi connectivity index (χ1n) is 9.82. The number of carbonyl (C=O) groups excluding carboxylic acids is 2. The fourth-order valence-corrected chi connectivity index (χ4v) is 4.23. The molecular weight excluding hydrogens is 352 g/mol. The maximum atomic E-state index is 12.5. The first-order valence-corrected chi connectivity index (χ1v) is 9.82. The third kappa shape index (κ3) is 3.30. The molecule has 4 rings (SSSR count). The van der Waals surface area contributed by atoms with Crippen molar-refractivity contribution in [1.29, 1.82) is 0 Å². The molecule has 0 fully saturated rings. The summed E-state index contributed by atoms with van der Waals surface area (Å²) in [5, 5.41) is 0. The highest BCUT2D eigenvalue weighted by Gasteiger charge is 2.27. The second-order valence-electron chi connectivity index (χ2n) is 7.39. The maximum Gasteiger partial charge on any atom is 0.247 e. The lowest BCUT2D eigenvalue weighted by Crippen LogP contribution is -2.40. The third-order valence-corrected chi connectivity index (χ3v) is 5.84. The summed E-state index contributed by atoms with van der Waals surface area (Å²) in [5.41, 5.74) is 2.31. The van der Waals surface area contributed by atoms with Gasteiger partial charge in [-0.15, -0.1) is 0 Å². The molecule has 0 spiro atoms. The van der Waals surface area contributed by atoms with Gasteiger partial charge in [0.15, 0.2) is 0 Å². The Balaban J connectivity index is 1.35. The van der Waals surface area contributed by atoms with Gasteiger partial charge in [0.25, 0.3) is 0 Å². The second-order valence-corrected chi connectivity index (χ2v) is 7.39. The van der Waals surface area contributed by atoms with E-state index < -0.39 is 0 Å². The van der Waals surface area contributed by atoms with E-state index >= 15 is 0 Å². The summed E-state index contributed by atoms with van der Waals surface area (Å²) in [6.45, 7) is 7.11. The van der Waals surface area contributed by atoms with Crippen molar-refractivity contribution in [2.75, 3.05) is 13.1 Å². The third-order valence-electron chi connectivity index (χ3n) is 5.84. The van der Waals surface area contributed by atoms with Crippen LogP contribution in [0.3, 0.4) is 0 Å². The van der Waals surface area contributed by atoms with Crippen LogP contribution in [-0.2, 0) is 22.7 Å². The smallest absolute Gasteiger partial charge is 0.247 e. The Kier molecular flexibility index (Phi) is 4.94. The van der Waals surface area contributed by atoms with Crippen molar-refractivity contribution < 1.29 is 9.59 Å². The van der Waals surface area contributed by atoms with Gasteiger partial charge in [0, 0.05) is 62.1 Å². The SMILES string of the molecule is CC1c2cccn2CCN1C(=O)/C=C/C=C/C(=O)N1CCn2cccc2C1C. The fourth-order valence-electron chi connectivity index (χ4n) is 4.23. The van der Waals surface area contributed by atoms with Crippen LogP contribution in [-0.4, -0.2) is 43.8 Å². The average Bonchev–Trinajstić information content (AvgIpc) is 3.35. The zero-order chi connectivity index (χ0) is 19.7. The first kappa shape index (κ1) is 18.3. The van der Waals surface area contributed by atoms with Crippen molar-refractivity contribution >= 4 is 11.8 Å². The van der Waals surface area contributed by atoms with Crippen LogP contribution in [0, 0.1) is 0 Å². The van der Waals surface area contributed by atoms with Crippen LogP contribution in [0.4, 0.5) is 0 Å². The van der Waals surface area contributed by atoms with Gasteiger partial charge in [-0.3, -0.25) is 9.59 Å². The predicted octanol–water partition coefficient (Wildman–Crippen LogP) is 2.91. The molecule has 2 aromatic heterocycles. The molecule has 0 saturated heterocycles. The minimum absolute atomic E-state index is 0.0267. The summed E-state index contributed by atoms with van der Waals surface area (Å²) in [5.74, 6) is -0.0533. The molecular formula is C22H26N4O2. The van der Waals surface area contributed by atoms with Crippen LogP contribution in [0.15, 0.2) is 61.0 Å². The van der Waals surface area contributed by atoms with E-state index in [0.29, 0.717) is 13.1 Å². The Morgan fingerprint density at radius 3 is 1.64 bits per heavy atom. The molecule has 146 valence electrons. The van der Waals surface area contributed by atoms with E-state index in [1.54, 1.807) is 24.3 Å². The van der Waals surface area contributed by atoms with E-state index in [9.17, 15) is 9.59 Å². The highest BCUT2D eigenvalue weighted by Crippen LogP contribution is 2.26. The summed E-state index contributed by atoms with van der Waals surface area (Å²) in [6.07, 6.45) is 10.5. The van der Waals surface area contributed by atoms with Crippen molar-refractivity contribution in [3.05, 3.63) is 72.4 Å². The Bertz CT molecular complexity index is 860. The molecule has 2 aromatic rings. The standard InChI is InChI=1S/C22H26N4O2/c1-17-19-7-5-11-23(19)13-15-25(17)21(27)9-3-4-10-22(28)26-16-14-24-12-6-8-20(24)18(26)2/h3-12,17-18H,13-16H2,1-2H3/b9-3+,10-4+. The quantitative estimate of drug-likeness (QED) is 0.609. The van der Waals surface area contributed by atoms with Crippen molar-refractivity contribution in [3.63, 3.8) is 0 Å². The molecule has 2 unspecified atom stereocenters. The monoisotopic (exact) mass is 378 g/mol. The molecule has 2 aliphatic heterocycles.